The van der Waals surface area contributed by atoms with Crippen molar-refractivity contribution in [3.8, 4) is 17.2 Å². The lowest BCUT2D eigenvalue weighted by Gasteiger charge is -2.31. The van der Waals surface area contributed by atoms with Gasteiger partial charge in [0.1, 0.15) is 29.0 Å². The van der Waals surface area contributed by atoms with Crippen LogP contribution in [0.3, 0.4) is 0 Å². The number of benzene rings is 1. The Bertz CT molecular complexity index is 1330. The molecule has 0 spiro atoms. The summed E-state index contributed by atoms with van der Waals surface area (Å²) in [5.74, 6) is -1.46. The van der Waals surface area contributed by atoms with Crippen LogP contribution in [-0.4, -0.2) is 47.3 Å². The molecule has 1 aromatic carbocycles. The van der Waals surface area contributed by atoms with Crippen LogP contribution in [-0.2, 0) is 0 Å². The number of halogens is 3. The Hall–Kier alpha value is -2.75. The maximum atomic E-state index is 13.3. The Kier molecular flexibility index (Phi) is 6.83. The molecule has 174 valence electrons. The van der Waals surface area contributed by atoms with Gasteiger partial charge in [0.15, 0.2) is 5.76 Å². The number of ether oxygens (including phenoxy) is 1. The molecular formula is C23H22ClF2N3O3S. The van der Waals surface area contributed by atoms with Crippen molar-refractivity contribution in [3.63, 3.8) is 0 Å². The van der Waals surface area contributed by atoms with Gasteiger partial charge in [-0.05, 0) is 35.7 Å². The largest absolute Gasteiger partial charge is 0.492 e. The summed E-state index contributed by atoms with van der Waals surface area (Å²) in [6.45, 7) is 1.69. The summed E-state index contributed by atoms with van der Waals surface area (Å²) >= 11 is 1.62. The van der Waals surface area contributed by atoms with E-state index < -0.39 is 5.92 Å². The number of hydrogen-bond acceptors (Lipinski definition) is 7. The number of piperidine rings is 1. The average molecular weight is 494 g/mol. The molecule has 10 heteroatoms. The van der Waals surface area contributed by atoms with Gasteiger partial charge in [-0.3, -0.25) is 9.88 Å². The third kappa shape index (κ3) is 5.10. The van der Waals surface area contributed by atoms with Crippen LogP contribution in [0.25, 0.3) is 32.5 Å². The number of rotatable bonds is 5. The molecule has 5 rings (SSSR count). The van der Waals surface area contributed by atoms with Crippen LogP contribution >= 0.6 is 23.7 Å². The summed E-state index contributed by atoms with van der Waals surface area (Å²) in [4.78, 5) is 6.43. The molecule has 0 atom stereocenters. The highest BCUT2D eigenvalue weighted by Gasteiger charge is 2.33. The fourth-order valence-corrected chi connectivity index (χ4v) is 4.63. The standard InChI is InChI=1S/C23H21F2N3O3S.ClH/c24-23(25)4-6-28(7-5-23)8-9-30-16-1-2-20-17(11-16)18(27-29)12-21(31-20)19-13-22-15(14-26-19)3-10-32-22;/h1-3,10-14,29H,4-9H2;1H/b27-18-;. The normalized spacial score (nSPS) is 16.7. The molecule has 3 aromatic heterocycles. The van der Waals surface area contributed by atoms with E-state index in [0.29, 0.717) is 59.8 Å². The molecule has 0 bridgehead atoms. The molecule has 0 radical (unpaired) electrons. The molecule has 0 saturated carbocycles. The first-order valence-electron chi connectivity index (χ1n) is 10.3. The first kappa shape index (κ1) is 23.4. The van der Waals surface area contributed by atoms with Gasteiger partial charge in [0, 0.05) is 54.8 Å². The van der Waals surface area contributed by atoms with Gasteiger partial charge in [-0.15, -0.1) is 23.7 Å². The molecule has 0 unspecified atom stereocenters. The van der Waals surface area contributed by atoms with E-state index in [1.165, 1.54) is 0 Å². The van der Waals surface area contributed by atoms with Crippen molar-refractivity contribution in [2.45, 2.75) is 18.8 Å². The number of alkyl halides is 2. The third-order valence-corrected chi connectivity index (χ3v) is 6.56. The number of hydrogen-bond donors (Lipinski definition) is 1. The molecule has 6 nitrogen and oxygen atoms in total. The lowest BCUT2D eigenvalue weighted by molar-refractivity contribution is -0.0564. The first-order valence-corrected chi connectivity index (χ1v) is 11.2. The highest BCUT2D eigenvalue weighted by molar-refractivity contribution is 7.17. The van der Waals surface area contributed by atoms with Crippen molar-refractivity contribution >= 4 is 44.8 Å². The fourth-order valence-electron chi connectivity index (χ4n) is 3.83. The Labute approximate surface area is 198 Å². The van der Waals surface area contributed by atoms with Crippen molar-refractivity contribution in [1.82, 2.24) is 9.88 Å². The zero-order valence-corrected chi connectivity index (χ0v) is 19.2. The predicted octanol–water partition coefficient (Wildman–Crippen LogP) is 5.53. The van der Waals surface area contributed by atoms with E-state index in [9.17, 15) is 14.0 Å². The minimum atomic E-state index is -2.55. The second-order valence-electron chi connectivity index (χ2n) is 7.83. The second-order valence-corrected chi connectivity index (χ2v) is 8.78. The number of fused-ring (bicyclic) bond motifs is 2. The van der Waals surface area contributed by atoms with Gasteiger partial charge in [-0.1, -0.05) is 5.16 Å². The lowest BCUT2D eigenvalue weighted by atomic mass is 10.1. The van der Waals surface area contributed by atoms with E-state index in [2.05, 4.69) is 10.1 Å². The van der Waals surface area contributed by atoms with Gasteiger partial charge in [0.05, 0.1) is 5.39 Å². The molecule has 1 fully saturated rings. The Morgan fingerprint density at radius 1 is 1.18 bits per heavy atom. The van der Waals surface area contributed by atoms with E-state index in [-0.39, 0.29) is 25.2 Å². The first-order chi connectivity index (χ1) is 15.5. The van der Waals surface area contributed by atoms with Crippen molar-refractivity contribution in [1.29, 1.82) is 0 Å². The number of pyridine rings is 1. The maximum absolute atomic E-state index is 13.3. The zero-order valence-electron chi connectivity index (χ0n) is 17.5. The molecule has 1 saturated heterocycles. The van der Waals surface area contributed by atoms with Crippen LogP contribution in [0.4, 0.5) is 8.78 Å². The molecule has 33 heavy (non-hydrogen) atoms. The summed E-state index contributed by atoms with van der Waals surface area (Å²) in [5, 5.41) is 17.0. The van der Waals surface area contributed by atoms with Crippen molar-refractivity contribution < 1.29 is 23.1 Å². The zero-order chi connectivity index (χ0) is 22.1. The number of likely N-dealkylation sites (tertiary alicyclic amines) is 1. The van der Waals surface area contributed by atoms with Crippen LogP contribution in [0.5, 0.6) is 5.75 Å². The molecule has 0 aliphatic carbocycles. The van der Waals surface area contributed by atoms with E-state index in [1.54, 1.807) is 41.8 Å². The molecule has 1 aliphatic rings. The summed E-state index contributed by atoms with van der Waals surface area (Å²) in [6.07, 6.45) is 1.57. The minimum Gasteiger partial charge on any atom is -0.492 e. The van der Waals surface area contributed by atoms with Crippen molar-refractivity contribution in [2.75, 3.05) is 26.2 Å². The van der Waals surface area contributed by atoms with E-state index in [0.717, 1.165) is 10.1 Å². The number of nitrogens with zero attached hydrogens (tertiary/aromatic N) is 3. The highest BCUT2D eigenvalue weighted by Crippen LogP contribution is 2.29. The Morgan fingerprint density at radius 3 is 2.79 bits per heavy atom. The average Bonchev–Trinajstić information content (AvgIpc) is 3.27. The van der Waals surface area contributed by atoms with Crippen LogP contribution < -0.4 is 10.1 Å². The van der Waals surface area contributed by atoms with Gasteiger partial charge < -0.3 is 14.4 Å². The van der Waals surface area contributed by atoms with Crippen molar-refractivity contribution in [3.05, 3.63) is 53.3 Å². The predicted molar refractivity (Wildman–Crippen MR) is 126 cm³/mol. The van der Waals surface area contributed by atoms with Gasteiger partial charge in [0.2, 0.25) is 0 Å². The van der Waals surface area contributed by atoms with Gasteiger partial charge >= 0.3 is 0 Å². The Balaban J connectivity index is 0.00000259. The Morgan fingerprint density at radius 2 is 2.00 bits per heavy atom. The minimum absolute atomic E-state index is 0. The number of aromatic nitrogens is 1. The maximum Gasteiger partial charge on any atom is 0.250 e. The third-order valence-electron chi connectivity index (χ3n) is 5.68. The molecular weight excluding hydrogens is 472 g/mol. The second kappa shape index (κ2) is 9.62. The van der Waals surface area contributed by atoms with E-state index >= 15 is 0 Å². The van der Waals surface area contributed by atoms with Crippen molar-refractivity contribution in [2.24, 2.45) is 5.16 Å². The number of thiophene rings is 1. The molecule has 0 amide bonds. The van der Waals surface area contributed by atoms with Gasteiger partial charge in [0.25, 0.3) is 5.92 Å². The molecule has 1 aliphatic heterocycles. The quantitative estimate of drug-likeness (QED) is 0.292. The summed E-state index contributed by atoms with van der Waals surface area (Å²) in [5.41, 5.74) is 1.19. The highest BCUT2D eigenvalue weighted by atomic mass is 35.5. The van der Waals surface area contributed by atoms with Crippen LogP contribution in [0.1, 0.15) is 12.8 Å². The summed E-state index contributed by atoms with van der Waals surface area (Å²) in [7, 11) is 0. The van der Waals surface area contributed by atoms with E-state index in [4.69, 9.17) is 9.15 Å². The van der Waals surface area contributed by atoms with Gasteiger partial charge in [-0.25, -0.2) is 8.78 Å². The van der Waals surface area contributed by atoms with Crippen LogP contribution in [0, 0.1) is 0 Å². The van der Waals surface area contributed by atoms with Crippen LogP contribution in [0.2, 0.25) is 0 Å². The fraction of sp³-hybridized carbons (Fsp3) is 0.304. The topological polar surface area (TPSA) is 71.1 Å². The summed E-state index contributed by atoms with van der Waals surface area (Å²) < 4.78 is 39.5. The molecule has 1 N–H and O–H groups in total. The smallest absolute Gasteiger partial charge is 0.250 e. The van der Waals surface area contributed by atoms with Gasteiger partial charge in [-0.2, -0.15) is 0 Å². The molecule has 4 heterocycles. The van der Waals surface area contributed by atoms with E-state index in [1.807, 2.05) is 22.4 Å². The monoisotopic (exact) mass is 493 g/mol. The molecule has 4 aromatic rings. The lowest BCUT2D eigenvalue weighted by Crippen LogP contribution is -2.41. The summed E-state index contributed by atoms with van der Waals surface area (Å²) in [6, 6.07) is 10.9. The SMILES string of the molecule is Cl.O/N=c1/cc(-c2cc3sccc3cn2)oc2ccc(OCCN3CCC(F)(F)CC3)cc12. The van der Waals surface area contributed by atoms with Crippen LogP contribution in [0.15, 0.2) is 57.5 Å².